The van der Waals surface area contributed by atoms with Crippen molar-refractivity contribution in [1.29, 1.82) is 0 Å². The first-order valence-corrected chi connectivity index (χ1v) is 10.6. The summed E-state index contributed by atoms with van der Waals surface area (Å²) < 4.78 is 2.14. The molecule has 0 aliphatic carbocycles. The fourth-order valence-corrected chi connectivity index (χ4v) is 4.90. The zero-order chi connectivity index (χ0) is 20.3. The van der Waals surface area contributed by atoms with E-state index in [1.807, 2.05) is 36.4 Å². The number of nitrogen functional groups attached to an aromatic ring is 1. The second-order valence-electron chi connectivity index (χ2n) is 6.84. The zero-order valence-electron chi connectivity index (χ0n) is 15.8. The van der Waals surface area contributed by atoms with Gasteiger partial charge in [-0.3, -0.25) is 0 Å². The third-order valence-corrected chi connectivity index (χ3v) is 5.87. The highest BCUT2D eigenvalue weighted by Crippen LogP contribution is 2.37. The molecule has 2 aromatic carbocycles. The van der Waals surface area contributed by atoms with Crippen LogP contribution in [0.5, 0.6) is 0 Å². The van der Waals surface area contributed by atoms with Crippen LogP contribution >= 0.6 is 35.0 Å². The van der Waals surface area contributed by atoms with Gasteiger partial charge < -0.3 is 15.4 Å². The largest absolute Gasteiger partial charge is 0.398 e. The number of aliphatic hydroxyl groups is 1. The number of para-hydroxylation sites is 1. The lowest BCUT2D eigenvalue weighted by molar-refractivity contribution is 0.294. The Bertz CT molecular complexity index is 952. The summed E-state index contributed by atoms with van der Waals surface area (Å²) in [5.41, 5.74) is 8.91. The minimum atomic E-state index is 0.0337. The van der Waals surface area contributed by atoms with Gasteiger partial charge in [0.1, 0.15) is 10.9 Å². The summed E-state index contributed by atoms with van der Waals surface area (Å²) in [5.74, 6) is 1.06. The molecular formula is C21H23Cl2N3OS. The summed E-state index contributed by atoms with van der Waals surface area (Å²) in [7, 11) is 0. The van der Waals surface area contributed by atoms with Gasteiger partial charge in [0, 0.05) is 27.0 Å². The molecule has 3 aromatic rings. The number of imidazole rings is 1. The van der Waals surface area contributed by atoms with Crippen LogP contribution in [0.15, 0.2) is 52.4 Å². The predicted octanol–water partition coefficient (Wildman–Crippen LogP) is 5.63. The van der Waals surface area contributed by atoms with E-state index in [4.69, 9.17) is 33.9 Å². The van der Waals surface area contributed by atoms with E-state index in [9.17, 15) is 5.11 Å². The van der Waals surface area contributed by atoms with Crippen LogP contribution in [0.25, 0.3) is 0 Å². The van der Waals surface area contributed by atoms with Gasteiger partial charge in [-0.1, -0.05) is 67.0 Å². The lowest BCUT2D eigenvalue weighted by atomic mass is 10.1. The number of rotatable bonds is 7. The summed E-state index contributed by atoms with van der Waals surface area (Å²) in [5, 5.41) is 11.7. The van der Waals surface area contributed by atoms with Crippen LogP contribution in [0.3, 0.4) is 0 Å². The molecule has 0 bridgehead atoms. The maximum atomic E-state index is 9.55. The molecule has 0 spiro atoms. The third kappa shape index (κ3) is 4.84. The van der Waals surface area contributed by atoms with E-state index in [2.05, 4.69) is 18.4 Å². The quantitative estimate of drug-likeness (QED) is 0.471. The summed E-state index contributed by atoms with van der Waals surface area (Å²) in [4.78, 5) is 5.78. The van der Waals surface area contributed by atoms with Crippen molar-refractivity contribution in [2.75, 3.05) is 12.3 Å². The normalized spacial score (nSPS) is 11.4. The van der Waals surface area contributed by atoms with Crippen molar-refractivity contribution < 1.29 is 5.11 Å². The molecule has 148 valence electrons. The molecular weight excluding hydrogens is 413 g/mol. The van der Waals surface area contributed by atoms with Crippen molar-refractivity contribution in [3.05, 3.63) is 69.6 Å². The minimum absolute atomic E-state index is 0.0337. The Kier molecular flexibility index (Phi) is 6.94. The Morgan fingerprint density at radius 1 is 1.14 bits per heavy atom. The molecule has 1 aromatic heterocycles. The maximum absolute atomic E-state index is 9.55. The van der Waals surface area contributed by atoms with Gasteiger partial charge in [0.25, 0.3) is 0 Å². The Hall–Kier alpha value is -1.66. The van der Waals surface area contributed by atoms with Gasteiger partial charge in [0.15, 0.2) is 0 Å². The number of anilines is 1. The van der Waals surface area contributed by atoms with Crippen LogP contribution in [0.4, 0.5) is 5.69 Å². The van der Waals surface area contributed by atoms with Crippen molar-refractivity contribution in [3.8, 4) is 0 Å². The summed E-state index contributed by atoms with van der Waals surface area (Å²) >= 11 is 14.0. The Morgan fingerprint density at radius 3 is 2.43 bits per heavy atom. The van der Waals surface area contributed by atoms with Crippen LogP contribution in [0, 0.1) is 0 Å². The Morgan fingerprint density at radius 2 is 1.82 bits per heavy atom. The average molecular weight is 436 g/mol. The van der Waals surface area contributed by atoms with Gasteiger partial charge in [-0.05, 0) is 35.7 Å². The molecule has 1 heterocycles. The molecule has 0 saturated carbocycles. The SMILES string of the molecule is CC(C)c1nc(CCO)n(Cc2ccccc2N)c1Sc1cc(Cl)cc(Cl)c1. The first kappa shape index (κ1) is 21.1. The highest BCUT2D eigenvalue weighted by atomic mass is 35.5. The molecule has 0 saturated heterocycles. The number of halogens is 2. The van der Waals surface area contributed by atoms with Gasteiger partial charge in [0.05, 0.1) is 18.8 Å². The van der Waals surface area contributed by atoms with Crippen LogP contribution in [-0.4, -0.2) is 21.3 Å². The molecule has 3 N–H and O–H groups in total. The van der Waals surface area contributed by atoms with Crippen molar-refractivity contribution in [3.63, 3.8) is 0 Å². The lowest BCUT2D eigenvalue weighted by Gasteiger charge is -2.15. The lowest BCUT2D eigenvalue weighted by Crippen LogP contribution is -2.09. The molecule has 0 amide bonds. The number of hydrogen-bond donors (Lipinski definition) is 2. The van der Waals surface area contributed by atoms with Gasteiger partial charge >= 0.3 is 0 Å². The van der Waals surface area contributed by atoms with Crippen molar-refractivity contribution >= 4 is 40.7 Å². The summed E-state index contributed by atoms with van der Waals surface area (Å²) in [6, 6.07) is 13.3. The topological polar surface area (TPSA) is 64.1 Å². The average Bonchev–Trinajstić information content (AvgIpc) is 2.94. The molecule has 0 atom stereocenters. The van der Waals surface area contributed by atoms with Crippen molar-refractivity contribution in [2.24, 2.45) is 0 Å². The van der Waals surface area contributed by atoms with E-state index in [1.54, 1.807) is 17.8 Å². The first-order valence-electron chi connectivity index (χ1n) is 9.06. The molecule has 0 fully saturated rings. The minimum Gasteiger partial charge on any atom is -0.398 e. The summed E-state index contributed by atoms with van der Waals surface area (Å²) in [6.45, 7) is 4.84. The van der Waals surface area contributed by atoms with Crippen LogP contribution in [-0.2, 0) is 13.0 Å². The van der Waals surface area contributed by atoms with Crippen molar-refractivity contribution in [1.82, 2.24) is 9.55 Å². The molecule has 0 aliphatic rings. The van der Waals surface area contributed by atoms with Crippen LogP contribution in [0.2, 0.25) is 10.0 Å². The van der Waals surface area contributed by atoms with Gasteiger partial charge in [-0.25, -0.2) is 4.98 Å². The molecule has 7 heteroatoms. The number of nitrogens with two attached hydrogens (primary N) is 1. The maximum Gasteiger partial charge on any atom is 0.112 e. The second kappa shape index (κ2) is 9.23. The standard InChI is InChI=1S/C21H23Cl2N3OS/c1-13(2)20-21(28-17-10-15(22)9-16(23)11-17)26(19(25-20)7-8-27)12-14-5-3-4-6-18(14)24/h3-6,9-11,13,27H,7-8,12,24H2,1-2H3. The van der Waals surface area contributed by atoms with Gasteiger partial charge in [-0.15, -0.1) is 0 Å². The van der Waals surface area contributed by atoms with Crippen molar-refractivity contribution in [2.45, 2.75) is 42.7 Å². The number of benzene rings is 2. The monoisotopic (exact) mass is 435 g/mol. The van der Waals surface area contributed by atoms with Crippen LogP contribution < -0.4 is 5.73 Å². The molecule has 0 aliphatic heterocycles. The summed E-state index contributed by atoms with van der Waals surface area (Å²) in [6.07, 6.45) is 0.476. The number of aliphatic hydroxyl groups excluding tert-OH is 1. The second-order valence-corrected chi connectivity index (χ2v) is 8.77. The molecule has 0 radical (unpaired) electrons. The zero-order valence-corrected chi connectivity index (χ0v) is 18.2. The molecule has 28 heavy (non-hydrogen) atoms. The first-order chi connectivity index (χ1) is 13.4. The number of nitrogens with zero attached hydrogens (tertiary/aromatic N) is 2. The molecule has 4 nitrogen and oxygen atoms in total. The van der Waals surface area contributed by atoms with E-state index >= 15 is 0 Å². The van der Waals surface area contributed by atoms with E-state index in [-0.39, 0.29) is 12.5 Å². The molecule has 0 unspecified atom stereocenters. The smallest absolute Gasteiger partial charge is 0.112 e. The van der Waals surface area contributed by atoms with Crippen LogP contribution in [0.1, 0.15) is 36.8 Å². The number of aromatic nitrogens is 2. The Balaban J connectivity index is 2.10. The van der Waals surface area contributed by atoms with Gasteiger partial charge in [0.2, 0.25) is 0 Å². The van der Waals surface area contributed by atoms with E-state index in [1.165, 1.54) is 0 Å². The Labute approximate surface area is 179 Å². The third-order valence-electron chi connectivity index (χ3n) is 4.34. The van der Waals surface area contributed by atoms with Gasteiger partial charge in [-0.2, -0.15) is 0 Å². The molecule has 3 rings (SSSR count). The number of hydrogen-bond acceptors (Lipinski definition) is 4. The van der Waals surface area contributed by atoms with E-state index in [0.29, 0.717) is 23.0 Å². The predicted molar refractivity (Wildman–Crippen MR) is 118 cm³/mol. The van der Waals surface area contributed by atoms with E-state index < -0.39 is 0 Å². The fourth-order valence-electron chi connectivity index (χ4n) is 2.99. The highest BCUT2D eigenvalue weighted by Gasteiger charge is 2.21. The highest BCUT2D eigenvalue weighted by molar-refractivity contribution is 7.99. The fraction of sp³-hybridized carbons (Fsp3) is 0.286. The van der Waals surface area contributed by atoms with E-state index in [0.717, 1.165) is 32.7 Å².